The predicted molar refractivity (Wildman–Crippen MR) is 79.2 cm³/mol. The van der Waals surface area contributed by atoms with Gasteiger partial charge in [-0.25, -0.2) is 15.0 Å². The van der Waals surface area contributed by atoms with Crippen LogP contribution in [0.5, 0.6) is 0 Å². The average Bonchev–Trinajstić information content (AvgIpc) is 2.89. The maximum absolute atomic E-state index is 6.18. The van der Waals surface area contributed by atoms with E-state index in [2.05, 4.69) is 19.9 Å². The highest BCUT2D eigenvalue weighted by Crippen LogP contribution is 2.32. The molecule has 3 heterocycles. The third-order valence-corrected chi connectivity index (χ3v) is 4.49. The van der Waals surface area contributed by atoms with Crippen LogP contribution in [0.2, 0.25) is 5.02 Å². The molecule has 1 fully saturated rings. The first-order valence-corrected chi connectivity index (χ1v) is 7.45. The number of thiazole rings is 1. The van der Waals surface area contributed by atoms with Gasteiger partial charge in [0.1, 0.15) is 28.3 Å². The smallest absolute Gasteiger partial charge is 0.153 e. The summed E-state index contributed by atoms with van der Waals surface area (Å²) in [5, 5.41) is 3.39. The van der Waals surface area contributed by atoms with Gasteiger partial charge in [0.15, 0.2) is 5.82 Å². The van der Waals surface area contributed by atoms with E-state index in [0.717, 1.165) is 17.2 Å². The lowest BCUT2D eigenvalue weighted by Gasteiger charge is -2.33. The number of ether oxygens (including phenoxy) is 1. The highest BCUT2D eigenvalue weighted by molar-refractivity contribution is 7.09. The molecule has 0 spiro atoms. The summed E-state index contributed by atoms with van der Waals surface area (Å²) in [5.74, 6) is 0.950. The Bertz CT molecular complexity index is 620. The van der Waals surface area contributed by atoms with E-state index in [1.807, 2.05) is 12.3 Å². The number of aromatic nitrogens is 3. The maximum Gasteiger partial charge on any atom is 0.153 e. The number of hydrogen-bond donors (Lipinski definition) is 1. The molecule has 6 nitrogen and oxygen atoms in total. The monoisotopic (exact) mass is 311 g/mol. The topological polar surface area (TPSA) is 77.2 Å². The lowest BCUT2D eigenvalue weighted by atomic mass is 10.2. The Hall–Kier alpha value is -1.44. The van der Waals surface area contributed by atoms with Crippen molar-refractivity contribution in [3.63, 3.8) is 0 Å². The predicted octanol–water partition coefficient (Wildman–Crippen LogP) is 2.06. The number of nitrogen functional groups attached to an aromatic ring is 1. The van der Waals surface area contributed by atoms with Crippen LogP contribution in [0.4, 0.5) is 11.6 Å². The zero-order valence-electron chi connectivity index (χ0n) is 10.9. The van der Waals surface area contributed by atoms with Crippen molar-refractivity contribution in [2.24, 2.45) is 0 Å². The Morgan fingerprint density at radius 3 is 3.10 bits per heavy atom. The first kappa shape index (κ1) is 13.5. The van der Waals surface area contributed by atoms with E-state index >= 15 is 0 Å². The van der Waals surface area contributed by atoms with E-state index in [4.69, 9.17) is 22.1 Å². The molecule has 1 aliphatic heterocycles. The summed E-state index contributed by atoms with van der Waals surface area (Å²) in [5.41, 5.74) is 6.73. The fourth-order valence-electron chi connectivity index (χ4n) is 2.11. The highest BCUT2D eigenvalue weighted by Gasteiger charge is 2.26. The molecule has 0 amide bonds. The molecule has 3 rings (SSSR count). The molecule has 106 valence electrons. The molecule has 1 atom stereocenters. The third kappa shape index (κ3) is 2.56. The number of anilines is 2. The Morgan fingerprint density at radius 1 is 1.50 bits per heavy atom. The molecule has 0 aliphatic carbocycles. The summed E-state index contributed by atoms with van der Waals surface area (Å²) in [6.07, 6.45) is 1.36. The molecule has 20 heavy (non-hydrogen) atoms. The Kier molecular flexibility index (Phi) is 3.73. The molecular formula is C12H14ClN5OS. The zero-order chi connectivity index (χ0) is 14.1. The van der Waals surface area contributed by atoms with E-state index in [1.165, 1.54) is 6.33 Å². The summed E-state index contributed by atoms with van der Waals surface area (Å²) in [4.78, 5) is 14.6. The SMILES string of the molecule is Cc1csc(C2CN(c3ncnc(N)c3Cl)CCO2)n1. The van der Waals surface area contributed by atoms with E-state index in [0.29, 0.717) is 29.8 Å². The molecular weight excluding hydrogens is 298 g/mol. The van der Waals surface area contributed by atoms with Crippen molar-refractivity contribution < 1.29 is 4.74 Å². The number of nitrogens with two attached hydrogens (primary N) is 1. The maximum atomic E-state index is 6.18. The molecule has 8 heteroatoms. The van der Waals surface area contributed by atoms with Gasteiger partial charge in [0.25, 0.3) is 0 Å². The van der Waals surface area contributed by atoms with Gasteiger partial charge in [0, 0.05) is 17.6 Å². The van der Waals surface area contributed by atoms with Crippen molar-refractivity contribution >= 4 is 34.6 Å². The van der Waals surface area contributed by atoms with Crippen molar-refractivity contribution in [3.8, 4) is 0 Å². The zero-order valence-corrected chi connectivity index (χ0v) is 12.5. The first-order valence-electron chi connectivity index (χ1n) is 6.19. The molecule has 2 aromatic heterocycles. The van der Waals surface area contributed by atoms with Crippen LogP contribution in [0, 0.1) is 6.92 Å². The van der Waals surface area contributed by atoms with E-state index in [1.54, 1.807) is 11.3 Å². The Morgan fingerprint density at radius 2 is 2.35 bits per heavy atom. The second kappa shape index (κ2) is 5.51. The third-order valence-electron chi connectivity index (χ3n) is 3.08. The molecule has 0 bridgehead atoms. The summed E-state index contributed by atoms with van der Waals surface area (Å²) in [6, 6.07) is 0. The van der Waals surface area contributed by atoms with Gasteiger partial charge in [-0.05, 0) is 6.92 Å². The largest absolute Gasteiger partial charge is 0.382 e. The number of nitrogens with zero attached hydrogens (tertiary/aromatic N) is 4. The van der Waals surface area contributed by atoms with Crippen molar-refractivity contribution in [3.05, 3.63) is 27.4 Å². The minimum atomic E-state index is -0.0605. The lowest BCUT2D eigenvalue weighted by molar-refractivity contribution is 0.0393. The summed E-state index contributed by atoms with van der Waals surface area (Å²) in [6.45, 7) is 3.95. The quantitative estimate of drug-likeness (QED) is 0.914. The molecule has 0 saturated carbocycles. The van der Waals surface area contributed by atoms with E-state index < -0.39 is 0 Å². The normalized spacial score (nSPS) is 19.3. The van der Waals surface area contributed by atoms with Crippen LogP contribution in [-0.2, 0) is 4.74 Å². The molecule has 2 N–H and O–H groups in total. The number of rotatable bonds is 2. The number of hydrogen-bond acceptors (Lipinski definition) is 7. The van der Waals surface area contributed by atoms with Gasteiger partial charge in [0.2, 0.25) is 0 Å². The fourth-order valence-corrected chi connectivity index (χ4v) is 3.16. The Labute approximate surface area is 125 Å². The molecule has 1 saturated heterocycles. The van der Waals surface area contributed by atoms with Crippen LogP contribution in [0.3, 0.4) is 0 Å². The molecule has 2 aromatic rings. The van der Waals surface area contributed by atoms with Crippen molar-refractivity contribution in [1.82, 2.24) is 15.0 Å². The van der Waals surface area contributed by atoms with Crippen LogP contribution in [0.15, 0.2) is 11.7 Å². The van der Waals surface area contributed by atoms with Gasteiger partial charge >= 0.3 is 0 Å². The number of aryl methyl sites for hydroxylation is 1. The first-order chi connectivity index (χ1) is 9.65. The van der Waals surface area contributed by atoms with Crippen LogP contribution in [0.25, 0.3) is 0 Å². The molecule has 0 aromatic carbocycles. The molecule has 0 radical (unpaired) electrons. The standard InChI is InChI=1S/C12H14ClN5OS/c1-7-5-20-12(17-7)8-4-18(2-3-19-8)11-9(13)10(14)15-6-16-11/h5-6,8H,2-4H2,1H3,(H2,14,15,16). The van der Waals surface area contributed by atoms with Crippen molar-refractivity contribution in [2.75, 3.05) is 30.3 Å². The van der Waals surface area contributed by atoms with Gasteiger partial charge in [-0.3, -0.25) is 0 Å². The van der Waals surface area contributed by atoms with E-state index in [-0.39, 0.29) is 6.10 Å². The fraction of sp³-hybridized carbons (Fsp3) is 0.417. The summed E-state index contributed by atoms with van der Waals surface area (Å²) >= 11 is 7.79. The van der Waals surface area contributed by atoms with Crippen molar-refractivity contribution in [2.45, 2.75) is 13.0 Å². The van der Waals surface area contributed by atoms with Crippen LogP contribution < -0.4 is 10.6 Å². The summed E-state index contributed by atoms with van der Waals surface area (Å²) in [7, 11) is 0. The Balaban J connectivity index is 1.83. The number of morpholine rings is 1. The van der Waals surface area contributed by atoms with Gasteiger partial charge < -0.3 is 15.4 Å². The van der Waals surface area contributed by atoms with Gasteiger partial charge in [-0.2, -0.15) is 0 Å². The average molecular weight is 312 g/mol. The van der Waals surface area contributed by atoms with Gasteiger partial charge in [-0.15, -0.1) is 11.3 Å². The van der Waals surface area contributed by atoms with E-state index in [9.17, 15) is 0 Å². The van der Waals surface area contributed by atoms with Gasteiger partial charge in [-0.1, -0.05) is 11.6 Å². The number of halogens is 1. The van der Waals surface area contributed by atoms with Crippen LogP contribution >= 0.6 is 22.9 Å². The molecule has 1 aliphatic rings. The second-order valence-electron chi connectivity index (χ2n) is 4.53. The highest BCUT2D eigenvalue weighted by atomic mass is 35.5. The van der Waals surface area contributed by atoms with Crippen molar-refractivity contribution in [1.29, 1.82) is 0 Å². The minimum Gasteiger partial charge on any atom is -0.382 e. The molecule has 1 unspecified atom stereocenters. The minimum absolute atomic E-state index is 0.0605. The van der Waals surface area contributed by atoms with Crippen LogP contribution in [-0.4, -0.2) is 34.6 Å². The summed E-state index contributed by atoms with van der Waals surface area (Å²) < 4.78 is 5.79. The van der Waals surface area contributed by atoms with Crippen LogP contribution in [0.1, 0.15) is 16.8 Å². The van der Waals surface area contributed by atoms with Gasteiger partial charge in [0.05, 0.1) is 13.2 Å². The second-order valence-corrected chi connectivity index (χ2v) is 5.80. The lowest BCUT2D eigenvalue weighted by Crippen LogP contribution is -2.39.